The highest BCUT2D eigenvalue weighted by atomic mass is 19.4. The number of ether oxygens (including phenoxy) is 1. The van der Waals surface area contributed by atoms with E-state index >= 15 is 0 Å². The number of nitrogens with zero attached hydrogens (tertiary/aromatic N) is 5. The minimum absolute atomic E-state index is 0.00376. The maximum absolute atomic E-state index is 14.2. The Hall–Kier alpha value is -3.61. The normalized spacial score (nSPS) is 13.4. The van der Waals surface area contributed by atoms with E-state index in [0.717, 1.165) is 24.4 Å². The van der Waals surface area contributed by atoms with Crippen molar-refractivity contribution in [1.82, 2.24) is 20.3 Å². The number of aromatic nitrogens is 2. The Kier molecular flexibility index (Phi) is 8.03. The number of aliphatic hydroxyl groups is 1. The zero-order valence-electron chi connectivity index (χ0n) is 18.1. The fourth-order valence-corrected chi connectivity index (χ4v) is 2.66. The van der Waals surface area contributed by atoms with Gasteiger partial charge in [0.25, 0.3) is 5.91 Å². The van der Waals surface area contributed by atoms with Crippen molar-refractivity contribution in [3.8, 4) is 5.75 Å². The van der Waals surface area contributed by atoms with Crippen molar-refractivity contribution >= 4 is 24.3 Å². The van der Waals surface area contributed by atoms with Gasteiger partial charge in [0, 0.05) is 13.3 Å². The molecule has 13 heteroatoms. The molecule has 0 bridgehead atoms. The number of hydrogen-bond acceptors (Lipinski definition) is 7. The highest BCUT2D eigenvalue weighted by Gasteiger charge is 2.34. The number of halogens is 4. The van der Waals surface area contributed by atoms with E-state index < -0.39 is 35.5 Å². The van der Waals surface area contributed by atoms with Crippen LogP contribution < -0.4 is 10.1 Å². The van der Waals surface area contributed by atoms with Crippen molar-refractivity contribution in [2.24, 2.45) is 10.1 Å². The van der Waals surface area contributed by atoms with Crippen LogP contribution in [-0.4, -0.2) is 57.6 Å². The summed E-state index contributed by atoms with van der Waals surface area (Å²) in [7, 11) is 1.63. The molecule has 2 N–H and O–H groups in total. The van der Waals surface area contributed by atoms with Crippen LogP contribution in [0.15, 0.2) is 40.7 Å². The lowest BCUT2D eigenvalue weighted by Crippen LogP contribution is -2.42. The third-order valence-electron chi connectivity index (χ3n) is 4.01. The molecule has 0 aliphatic rings. The summed E-state index contributed by atoms with van der Waals surface area (Å²) in [6.07, 6.45) is 0.279. The molecule has 1 amide bonds. The SMILES string of the molecule is C/C=N\N(C)/C=N/c1cncc(C(=O)NC(c2ccc(OC(F)(F)F)c(F)c2)C(C)(C)O)n1. The standard InChI is InChI=1S/C20H22F4N6O3/c1-5-27-30(4)11-26-16-10-25-9-14(28-16)18(31)29-17(19(2,3)32)12-6-7-15(13(21)8-12)33-20(22,23)24/h5-11,17,32H,1-4H3,(H,29,31)/b26-11+,27-5-. The summed E-state index contributed by atoms with van der Waals surface area (Å²) in [5, 5.41) is 18.3. The number of carbonyl (C=O) groups excluding carboxylic acids is 1. The molecule has 1 unspecified atom stereocenters. The quantitative estimate of drug-likeness (QED) is 0.265. The maximum atomic E-state index is 14.2. The number of carbonyl (C=O) groups is 1. The fraction of sp³-hybridized carbons (Fsp3) is 0.350. The second-order valence-corrected chi connectivity index (χ2v) is 7.25. The number of alkyl halides is 3. The summed E-state index contributed by atoms with van der Waals surface area (Å²) >= 11 is 0. The molecule has 0 spiro atoms. The van der Waals surface area contributed by atoms with E-state index in [1.54, 1.807) is 20.2 Å². The lowest BCUT2D eigenvalue weighted by Gasteiger charge is -2.30. The first kappa shape index (κ1) is 25.6. The number of aliphatic imine (C=N–C) groups is 1. The van der Waals surface area contributed by atoms with Crippen molar-refractivity contribution in [1.29, 1.82) is 0 Å². The average molecular weight is 470 g/mol. The van der Waals surface area contributed by atoms with Crippen molar-refractivity contribution in [3.63, 3.8) is 0 Å². The smallest absolute Gasteiger partial charge is 0.403 e. The van der Waals surface area contributed by atoms with Gasteiger partial charge in [0.15, 0.2) is 17.4 Å². The summed E-state index contributed by atoms with van der Waals surface area (Å²) in [6.45, 7) is 4.40. The van der Waals surface area contributed by atoms with Gasteiger partial charge in [-0.15, -0.1) is 13.2 Å². The topological polar surface area (TPSA) is 112 Å². The minimum atomic E-state index is -5.07. The molecule has 1 aromatic carbocycles. The fourth-order valence-electron chi connectivity index (χ4n) is 2.66. The van der Waals surface area contributed by atoms with Crippen molar-refractivity contribution in [3.05, 3.63) is 47.7 Å². The molecule has 0 fully saturated rings. The molecule has 178 valence electrons. The first-order valence-electron chi connectivity index (χ1n) is 9.46. The number of rotatable bonds is 8. The predicted molar refractivity (Wildman–Crippen MR) is 112 cm³/mol. The summed E-state index contributed by atoms with van der Waals surface area (Å²) in [5.74, 6) is -3.04. The molecule has 1 heterocycles. The monoisotopic (exact) mass is 470 g/mol. The Morgan fingerprint density at radius 1 is 1.30 bits per heavy atom. The maximum Gasteiger partial charge on any atom is 0.573 e. The van der Waals surface area contributed by atoms with Crippen molar-refractivity contribution in [2.75, 3.05) is 7.05 Å². The van der Waals surface area contributed by atoms with Gasteiger partial charge in [0.1, 0.15) is 12.0 Å². The van der Waals surface area contributed by atoms with E-state index in [-0.39, 0.29) is 17.1 Å². The Balaban J connectivity index is 2.27. The zero-order chi connectivity index (χ0) is 24.8. The van der Waals surface area contributed by atoms with Crippen LogP contribution in [-0.2, 0) is 0 Å². The van der Waals surface area contributed by atoms with Crippen molar-refractivity contribution in [2.45, 2.75) is 38.8 Å². The molecular formula is C20H22F4N6O3. The molecule has 2 rings (SSSR count). The molecule has 9 nitrogen and oxygen atoms in total. The molecule has 0 aliphatic heterocycles. The molecular weight excluding hydrogens is 448 g/mol. The summed E-state index contributed by atoms with van der Waals surface area (Å²) < 4.78 is 54.9. The van der Waals surface area contributed by atoms with Gasteiger partial charge in [-0.05, 0) is 38.5 Å². The first-order valence-corrected chi connectivity index (χ1v) is 9.46. The third-order valence-corrected chi connectivity index (χ3v) is 4.01. The van der Waals surface area contributed by atoms with Crippen LogP contribution in [0.25, 0.3) is 0 Å². The molecule has 0 aliphatic carbocycles. The Labute approximate surface area is 186 Å². The van der Waals surface area contributed by atoms with Crippen LogP contribution in [0.5, 0.6) is 5.75 Å². The second kappa shape index (κ2) is 10.3. The summed E-state index contributed by atoms with van der Waals surface area (Å²) in [4.78, 5) is 24.7. The van der Waals surface area contributed by atoms with Crippen LogP contribution in [0, 0.1) is 5.82 Å². The molecule has 1 atom stereocenters. The van der Waals surface area contributed by atoms with Gasteiger partial charge in [0.2, 0.25) is 0 Å². The van der Waals surface area contributed by atoms with E-state index in [2.05, 4.69) is 30.1 Å². The van der Waals surface area contributed by atoms with E-state index in [0.29, 0.717) is 0 Å². The van der Waals surface area contributed by atoms with E-state index in [1.807, 2.05) is 0 Å². The van der Waals surface area contributed by atoms with E-state index in [4.69, 9.17) is 0 Å². The van der Waals surface area contributed by atoms with Crippen molar-refractivity contribution < 1.29 is 32.2 Å². The minimum Gasteiger partial charge on any atom is -0.403 e. The third kappa shape index (κ3) is 7.79. The second-order valence-electron chi connectivity index (χ2n) is 7.25. The molecule has 0 saturated heterocycles. The first-order chi connectivity index (χ1) is 15.3. The largest absolute Gasteiger partial charge is 0.573 e. The lowest BCUT2D eigenvalue weighted by molar-refractivity contribution is -0.275. The van der Waals surface area contributed by atoms with Crippen LogP contribution in [0.1, 0.15) is 42.9 Å². The van der Waals surface area contributed by atoms with E-state index in [9.17, 15) is 27.5 Å². The van der Waals surface area contributed by atoms with Crippen LogP contribution >= 0.6 is 0 Å². The Bertz CT molecular complexity index is 1040. The average Bonchev–Trinajstić information content (AvgIpc) is 2.70. The van der Waals surface area contributed by atoms with Crippen LogP contribution in [0.4, 0.5) is 23.4 Å². The Morgan fingerprint density at radius 2 is 2.00 bits per heavy atom. The number of hydrazone groups is 1. The molecule has 0 saturated carbocycles. The van der Waals surface area contributed by atoms with Crippen LogP contribution in [0.2, 0.25) is 0 Å². The van der Waals surface area contributed by atoms with Gasteiger partial charge in [0.05, 0.1) is 24.0 Å². The van der Waals surface area contributed by atoms with Gasteiger partial charge in [-0.2, -0.15) is 5.10 Å². The molecule has 1 aromatic heterocycles. The van der Waals surface area contributed by atoms with Gasteiger partial charge >= 0.3 is 6.36 Å². The van der Waals surface area contributed by atoms with Gasteiger partial charge < -0.3 is 15.2 Å². The molecule has 2 aromatic rings. The number of amides is 1. The lowest BCUT2D eigenvalue weighted by atomic mass is 9.91. The highest BCUT2D eigenvalue weighted by Crippen LogP contribution is 2.31. The summed E-state index contributed by atoms with van der Waals surface area (Å²) in [5.41, 5.74) is -1.78. The number of benzene rings is 1. The van der Waals surface area contributed by atoms with E-state index in [1.165, 1.54) is 31.4 Å². The molecule has 0 radical (unpaired) electrons. The zero-order valence-corrected chi connectivity index (χ0v) is 18.1. The van der Waals surface area contributed by atoms with Crippen LogP contribution in [0.3, 0.4) is 0 Å². The number of hydrogen-bond donors (Lipinski definition) is 2. The molecule has 33 heavy (non-hydrogen) atoms. The Morgan fingerprint density at radius 3 is 2.58 bits per heavy atom. The number of nitrogens with one attached hydrogen (secondary N) is 1. The van der Waals surface area contributed by atoms with Gasteiger partial charge in [-0.3, -0.25) is 14.8 Å². The highest BCUT2D eigenvalue weighted by molar-refractivity contribution is 5.92. The van der Waals surface area contributed by atoms with Gasteiger partial charge in [-0.1, -0.05) is 6.07 Å². The predicted octanol–water partition coefficient (Wildman–Crippen LogP) is 3.35. The summed E-state index contributed by atoms with van der Waals surface area (Å²) in [6, 6.07) is 1.38. The van der Waals surface area contributed by atoms with Gasteiger partial charge in [-0.25, -0.2) is 14.4 Å².